The normalized spacial score (nSPS) is 14.7. The number of benzene rings is 3. The summed E-state index contributed by atoms with van der Waals surface area (Å²) < 4.78 is 23.9. The Morgan fingerprint density at radius 1 is 1.02 bits per heavy atom. The third-order valence-electron chi connectivity index (χ3n) is 6.63. The molecule has 0 N–H and O–H groups in total. The lowest BCUT2D eigenvalue weighted by atomic mass is 9.93. The van der Waals surface area contributed by atoms with Crippen LogP contribution in [0.1, 0.15) is 36.6 Å². The van der Waals surface area contributed by atoms with E-state index in [2.05, 4.69) is 0 Å². The maximum atomic E-state index is 14.1. The SMILES string of the molecule is CCOC(=O)C1=C(c2ccccc2)N=c2s/c(=C\c3cc(Cl)c(OC)c(OC)c3)c(=O)n2[C@@H]1c1ccc(OCC)cc1. The molecule has 1 atom stereocenters. The number of hydrogen-bond acceptors (Lipinski definition) is 8. The number of rotatable bonds is 9. The summed E-state index contributed by atoms with van der Waals surface area (Å²) in [6.07, 6.45) is 1.73. The number of hydrogen-bond donors (Lipinski definition) is 0. The fraction of sp³-hybridized carbons (Fsp3) is 0.219. The van der Waals surface area contributed by atoms with Gasteiger partial charge in [0, 0.05) is 5.56 Å². The molecule has 0 bridgehead atoms. The van der Waals surface area contributed by atoms with Gasteiger partial charge >= 0.3 is 5.97 Å². The molecule has 0 unspecified atom stereocenters. The summed E-state index contributed by atoms with van der Waals surface area (Å²) >= 11 is 7.66. The number of esters is 1. The van der Waals surface area contributed by atoms with E-state index >= 15 is 0 Å². The van der Waals surface area contributed by atoms with Crippen LogP contribution in [0.5, 0.6) is 17.2 Å². The summed E-state index contributed by atoms with van der Waals surface area (Å²) in [5.41, 5.74) is 2.52. The Labute approximate surface area is 251 Å². The standard InChI is InChI=1S/C32H29ClN2O6S/c1-5-40-22-14-12-21(13-15-22)28-26(31(37)41-6-2)27(20-10-8-7-9-11-20)34-32-35(28)30(36)25(42-32)18-19-16-23(33)29(39-4)24(17-19)38-3/h7-18,28H,5-6H2,1-4H3/b25-18-/t28-/m1/s1. The maximum Gasteiger partial charge on any atom is 0.338 e. The van der Waals surface area contributed by atoms with Gasteiger partial charge in [-0.15, -0.1) is 0 Å². The van der Waals surface area contributed by atoms with Gasteiger partial charge in [0.05, 0.1) is 54.3 Å². The second-order valence-corrected chi connectivity index (χ2v) is 10.6. The first-order valence-electron chi connectivity index (χ1n) is 13.3. The van der Waals surface area contributed by atoms with Crippen LogP contribution in [0, 0.1) is 0 Å². The molecule has 4 aromatic rings. The largest absolute Gasteiger partial charge is 0.494 e. The van der Waals surface area contributed by atoms with E-state index < -0.39 is 12.0 Å². The summed E-state index contributed by atoms with van der Waals surface area (Å²) in [7, 11) is 3.03. The van der Waals surface area contributed by atoms with E-state index in [1.807, 2.05) is 61.5 Å². The predicted molar refractivity (Wildman–Crippen MR) is 163 cm³/mol. The summed E-state index contributed by atoms with van der Waals surface area (Å²) in [6, 6.07) is 19.4. The minimum Gasteiger partial charge on any atom is -0.494 e. The Hall–Kier alpha value is -4.34. The summed E-state index contributed by atoms with van der Waals surface area (Å²) in [5.74, 6) is 0.982. The van der Waals surface area contributed by atoms with Gasteiger partial charge in [0.2, 0.25) is 0 Å². The van der Waals surface area contributed by atoms with E-state index in [1.165, 1.54) is 25.6 Å². The van der Waals surface area contributed by atoms with Crippen LogP contribution >= 0.6 is 22.9 Å². The van der Waals surface area contributed by atoms with Crippen molar-refractivity contribution in [3.63, 3.8) is 0 Å². The predicted octanol–water partition coefficient (Wildman–Crippen LogP) is 5.00. The van der Waals surface area contributed by atoms with Crippen molar-refractivity contribution in [1.29, 1.82) is 0 Å². The number of ether oxygens (including phenoxy) is 4. The van der Waals surface area contributed by atoms with Crippen LogP contribution in [0.3, 0.4) is 0 Å². The first-order chi connectivity index (χ1) is 20.4. The molecule has 42 heavy (non-hydrogen) atoms. The average molecular weight is 605 g/mol. The quantitative estimate of drug-likeness (QED) is 0.250. The lowest BCUT2D eigenvalue weighted by molar-refractivity contribution is -0.138. The Bertz CT molecular complexity index is 1830. The number of carbonyl (C=O) groups is 1. The van der Waals surface area contributed by atoms with E-state index in [-0.39, 0.29) is 17.7 Å². The molecule has 3 aromatic carbocycles. The fourth-order valence-corrected chi connectivity index (χ4v) is 6.14. The molecule has 1 aliphatic heterocycles. The molecule has 1 aliphatic rings. The highest BCUT2D eigenvalue weighted by atomic mass is 35.5. The molecule has 216 valence electrons. The zero-order valence-electron chi connectivity index (χ0n) is 23.5. The van der Waals surface area contributed by atoms with Gasteiger partial charge in [0.25, 0.3) is 5.56 Å². The molecule has 8 nitrogen and oxygen atoms in total. The van der Waals surface area contributed by atoms with Gasteiger partial charge in [-0.2, -0.15) is 0 Å². The second-order valence-electron chi connectivity index (χ2n) is 9.17. The molecule has 1 aromatic heterocycles. The molecule has 0 saturated heterocycles. The van der Waals surface area contributed by atoms with Crippen LogP contribution in [0.4, 0.5) is 0 Å². The van der Waals surface area contributed by atoms with Gasteiger partial charge in [0.1, 0.15) is 5.75 Å². The van der Waals surface area contributed by atoms with E-state index in [4.69, 9.17) is 35.5 Å². The van der Waals surface area contributed by atoms with Crippen molar-refractivity contribution in [2.45, 2.75) is 19.9 Å². The summed E-state index contributed by atoms with van der Waals surface area (Å²) in [5, 5.41) is 0.346. The highest BCUT2D eigenvalue weighted by molar-refractivity contribution is 7.07. The van der Waals surface area contributed by atoms with E-state index in [9.17, 15) is 9.59 Å². The highest BCUT2D eigenvalue weighted by Crippen LogP contribution is 2.37. The number of thiazole rings is 1. The molecular weight excluding hydrogens is 576 g/mol. The van der Waals surface area contributed by atoms with Gasteiger partial charge in [-0.05, 0) is 55.3 Å². The van der Waals surface area contributed by atoms with Crippen LogP contribution in [-0.4, -0.2) is 38.0 Å². The van der Waals surface area contributed by atoms with Crippen molar-refractivity contribution >= 4 is 40.7 Å². The second kappa shape index (κ2) is 12.7. The lowest BCUT2D eigenvalue weighted by Crippen LogP contribution is -2.40. The fourth-order valence-electron chi connectivity index (χ4n) is 4.84. The maximum absolute atomic E-state index is 14.1. The van der Waals surface area contributed by atoms with Crippen molar-refractivity contribution in [1.82, 2.24) is 4.57 Å². The lowest BCUT2D eigenvalue weighted by Gasteiger charge is -2.26. The molecule has 0 fully saturated rings. The third kappa shape index (κ3) is 5.57. The van der Waals surface area contributed by atoms with Crippen LogP contribution in [0.25, 0.3) is 11.8 Å². The van der Waals surface area contributed by atoms with Crippen molar-refractivity contribution < 1.29 is 23.7 Å². The monoisotopic (exact) mass is 604 g/mol. The van der Waals surface area contributed by atoms with Crippen molar-refractivity contribution in [2.75, 3.05) is 27.4 Å². The average Bonchev–Trinajstić information content (AvgIpc) is 3.31. The van der Waals surface area contributed by atoms with Crippen LogP contribution < -0.4 is 29.1 Å². The van der Waals surface area contributed by atoms with Gasteiger partial charge in [-0.1, -0.05) is 65.4 Å². The minimum atomic E-state index is -0.790. The smallest absolute Gasteiger partial charge is 0.338 e. The molecule has 2 heterocycles. The highest BCUT2D eigenvalue weighted by Gasteiger charge is 2.35. The van der Waals surface area contributed by atoms with Crippen LogP contribution in [0.2, 0.25) is 5.02 Å². The molecular formula is C32H29ClN2O6S. The first-order valence-corrected chi connectivity index (χ1v) is 14.5. The number of carbonyl (C=O) groups excluding carboxylic acids is 1. The zero-order chi connectivity index (χ0) is 29.8. The van der Waals surface area contributed by atoms with Crippen LogP contribution in [-0.2, 0) is 9.53 Å². The van der Waals surface area contributed by atoms with Crippen LogP contribution in [0.15, 0.2) is 82.1 Å². The Morgan fingerprint density at radius 2 is 1.76 bits per heavy atom. The van der Waals surface area contributed by atoms with Gasteiger partial charge in [0.15, 0.2) is 16.3 Å². The first kappa shape index (κ1) is 29.2. The van der Waals surface area contributed by atoms with E-state index in [1.54, 1.807) is 29.7 Å². The number of fused-ring (bicyclic) bond motifs is 1. The van der Waals surface area contributed by atoms with Crippen molar-refractivity contribution in [3.05, 3.63) is 114 Å². The minimum absolute atomic E-state index is 0.172. The molecule has 10 heteroatoms. The number of methoxy groups -OCH3 is 2. The van der Waals surface area contributed by atoms with E-state index in [0.29, 0.717) is 55.0 Å². The number of aromatic nitrogens is 1. The molecule has 5 rings (SSSR count). The topological polar surface area (TPSA) is 88.4 Å². The molecule has 0 aliphatic carbocycles. The molecule has 0 amide bonds. The van der Waals surface area contributed by atoms with E-state index in [0.717, 1.165) is 5.56 Å². The summed E-state index contributed by atoms with van der Waals surface area (Å²) in [6.45, 7) is 4.34. The van der Waals surface area contributed by atoms with Gasteiger partial charge < -0.3 is 18.9 Å². The van der Waals surface area contributed by atoms with Crippen molar-refractivity contribution in [2.24, 2.45) is 4.99 Å². The Morgan fingerprint density at radius 3 is 2.40 bits per heavy atom. The van der Waals surface area contributed by atoms with Gasteiger partial charge in [-0.3, -0.25) is 9.36 Å². The molecule has 0 radical (unpaired) electrons. The third-order valence-corrected chi connectivity index (χ3v) is 7.90. The summed E-state index contributed by atoms with van der Waals surface area (Å²) in [4.78, 5) is 33.0. The zero-order valence-corrected chi connectivity index (χ0v) is 25.1. The number of halogens is 1. The number of nitrogens with zero attached hydrogens (tertiary/aromatic N) is 2. The van der Waals surface area contributed by atoms with Gasteiger partial charge in [-0.25, -0.2) is 9.79 Å². The molecule has 0 saturated carbocycles. The molecule has 0 spiro atoms. The Balaban J connectivity index is 1.79. The Kier molecular flexibility index (Phi) is 8.80. The van der Waals surface area contributed by atoms with Crippen molar-refractivity contribution in [3.8, 4) is 17.2 Å².